The highest BCUT2D eigenvalue weighted by atomic mass is 14.9. The van der Waals surface area contributed by atoms with Gasteiger partial charge in [-0.1, -0.05) is 25.0 Å². The maximum atomic E-state index is 3.56. The van der Waals surface area contributed by atoms with Gasteiger partial charge >= 0.3 is 0 Å². The lowest BCUT2D eigenvalue weighted by atomic mass is 10.1. The number of benzene rings is 1. The Morgan fingerprint density at radius 3 is 2.44 bits per heavy atom. The molecule has 2 N–H and O–H groups in total. The maximum Gasteiger partial charge on any atom is 0.0337 e. The quantitative estimate of drug-likeness (QED) is 0.794. The predicted octanol–water partition coefficient (Wildman–Crippen LogP) is 3.01. The summed E-state index contributed by atoms with van der Waals surface area (Å²) in [6, 6.07) is 8.64. The van der Waals surface area contributed by atoms with E-state index < -0.39 is 0 Å². The Labute approximate surface area is 98.4 Å². The van der Waals surface area contributed by atoms with Crippen molar-refractivity contribution >= 4 is 5.69 Å². The molecule has 88 valence electrons. The molecule has 1 fully saturated rings. The van der Waals surface area contributed by atoms with E-state index in [2.05, 4.69) is 34.9 Å². The molecule has 2 rings (SSSR count). The maximum absolute atomic E-state index is 3.56. The minimum atomic E-state index is 0.927. The van der Waals surface area contributed by atoms with Crippen LogP contribution in [0.25, 0.3) is 0 Å². The zero-order valence-corrected chi connectivity index (χ0v) is 10.1. The Morgan fingerprint density at radius 2 is 1.81 bits per heavy atom. The molecule has 2 nitrogen and oxygen atoms in total. The third-order valence-electron chi connectivity index (χ3n) is 3.48. The van der Waals surface area contributed by atoms with Crippen LogP contribution in [0.5, 0.6) is 0 Å². The lowest BCUT2D eigenvalue weighted by Gasteiger charge is -2.10. The summed E-state index contributed by atoms with van der Waals surface area (Å²) >= 11 is 0. The van der Waals surface area contributed by atoms with Gasteiger partial charge in [-0.15, -0.1) is 0 Å². The summed E-state index contributed by atoms with van der Waals surface area (Å²) in [5.41, 5.74) is 2.55. The molecule has 0 amide bonds. The molecule has 1 aromatic rings. The summed E-state index contributed by atoms with van der Waals surface area (Å²) in [5, 5.41) is 6.70. The standard InChI is InChI=1S/C14H22N2/c1-15-14-8-6-13(7-9-14)11-16-10-12-4-2-3-5-12/h6-9,12,15-16H,2-5,10-11H2,1H3. The molecule has 0 radical (unpaired) electrons. The van der Waals surface area contributed by atoms with Gasteiger partial charge in [0.2, 0.25) is 0 Å². The van der Waals surface area contributed by atoms with Gasteiger partial charge in [-0.2, -0.15) is 0 Å². The van der Waals surface area contributed by atoms with Crippen LogP contribution in [0.1, 0.15) is 31.2 Å². The lowest BCUT2D eigenvalue weighted by molar-refractivity contribution is 0.489. The first-order valence-corrected chi connectivity index (χ1v) is 6.36. The zero-order valence-electron chi connectivity index (χ0n) is 10.1. The van der Waals surface area contributed by atoms with Gasteiger partial charge in [-0.25, -0.2) is 0 Å². The molecule has 0 aromatic heterocycles. The van der Waals surface area contributed by atoms with Gasteiger partial charge in [0.05, 0.1) is 0 Å². The molecule has 0 heterocycles. The van der Waals surface area contributed by atoms with Gasteiger partial charge in [0.1, 0.15) is 0 Å². The molecule has 2 heteroatoms. The number of nitrogens with one attached hydrogen (secondary N) is 2. The Bertz CT molecular complexity index is 299. The lowest BCUT2D eigenvalue weighted by Crippen LogP contribution is -2.20. The smallest absolute Gasteiger partial charge is 0.0337 e. The topological polar surface area (TPSA) is 24.1 Å². The zero-order chi connectivity index (χ0) is 11.2. The fourth-order valence-corrected chi connectivity index (χ4v) is 2.42. The highest BCUT2D eigenvalue weighted by Gasteiger charge is 2.13. The molecule has 0 saturated heterocycles. The molecule has 1 aliphatic rings. The number of anilines is 1. The van der Waals surface area contributed by atoms with Crippen LogP contribution in [0.2, 0.25) is 0 Å². The van der Waals surface area contributed by atoms with Crippen molar-refractivity contribution in [2.75, 3.05) is 18.9 Å². The summed E-state index contributed by atoms with van der Waals surface area (Å²) in [7, 11) is 1.95. The van der Waals surface area contributed by atoms with E-state index >= 15 is 0 Å². The molecule has 0 atom stereocenters. The van der Waals surface area contributed by atoms with E-state index in [0.717, 1.165) is 12.5 Å². The second kappa shape index (κ2) is 5.90. The second-order valence-electron chi connectivity index (χ2n) is 4.73. The Balaban J connectivity index is 1.71. The third kappa shape index (κ3) is 3.24. The first-order chi connectivity index (χ1) is 7.88. The predicted molar refractivity (Wildman–Crippen MR) is 69.7 cm³/mol. The van der Waals surface area contributed by atoms with Crippen LogP contribution in [-0.4, -0.2) is 13.6 Å². The molecule has 0 bridgehead atoms. The Kier molecular flexibility index (Phi) is 4.23. The normalized spacial score (nSPS) is 16.6. The molecular formula is C14H22N2. The van der Waals surface area contributed by atoms with E-state index in [0.29, 0.717) is 0 Å². The van der Waals surface area contributed by atoms with E-state index in [4.69, 9.17) is 0 Å². The van der Waals surface area contributed by atoms with Gasteiger partial charge in [0.25, 0.3) is 0 Å². The van der Waals surface area contributed by atoms with Crippen LogP contribution in [0.4, 0.5) is 5.69 Å². The van der Waals surface area contributed by atoms with Crippen LogP contribution >= 0.6 is 0 Å². The number of rotatable bonds is 5. The minimum Gasteiger partial charge on any atom is -0.388 e. The van der Waals surface area contributed by atoms with E-state index in [1.165, 1.54) is 43.5 Å². The average molecular weight is 218 g/mol. The first kappa shape index (κ1) is 11.5. The van der Waals surface area contributed by atoms with E-state index in [9.17, 15) is 0 Å². The second-order valence-corrected chi connectivity index (χ2v) is 4.73. The fraction of sp³-hybridized carbons (Fsp3) is 0.571. The molecule has 1 saturated carbocycles. The van der Waals surface area contributed by atoms with E-state index in [-0.39, 0.29) is 0 Å². The van der Waals surface area contributed by atoms with Gasteiger partial charge in [-0.3, -0.25) is 0 Å². The monoisotopic (exact) mass is 218 g/mol. The van der Waals surface area contributed by atoms with Crippen molar-refractivity contribution in [2.45, 2.75) is 32.2 Å². The van der Waals surface area contributed by atoms with Crippen LogP contribution < -0.4 is 10.6 Å². The SMILES string of the molecule is CNc1ccc(CNCC2CCCC2)cc1. The molecule has 1 aliphatic carbocycles. The molecule has 0 unspecified atom stereocenters. The molecule has 16 heavy (non-hydrogen) atoms. The van der Waals surface area contributed by atoms with Crippen LogP contribution in [0.3, 0.4) is 0 Å². The molecule has 0 aliphatic heterocycles. The summed E-state index contributed by atoms with van der Waals surface area (Å²) in [4.78, 5) is 0. The van der Waals surface area contributed by atoms with Crippen molar-refractivity contribution < 1.29 is 0 Å². The largest absolute Gasteiger partial charge is 0.388 e. The van der Waals surface area contributed by atoms with Crippen molar-refractivity contribution in [1.82, 2.24) is 5.32 Å². The van der Waals surface area contributed by atoms with Gasteiger partial charge in [-0.05, 0) is 43.0 Å². The van der Waals surface area contributed by atoms with Gasteiger partial charge in [0, 0.05) is 19.3 Å². The summed E-state index contributed by atoms with van der Waals surface area (Å²) in [6.07, 6.45) is 5.71. The van der Waals surface area contributed by atoms with Crippen molar-refractivity contribution in [2.24, 2.45) is 5.92 Å². The number of hydrogen-bond acceptors (Lipinski definition) is 2. The molecule has 1 aromatic carbocycles. The van der Waals surface area contributed by atoms with Gasteiger partial charge in [0.15, 0.2) is 0 Å². The van der Waals surface area contributed by atoms with Gasteiger partial charge < -0.3 is 10.6 Å². The Hall–Kier alpha value is -1.02. The van der Waals surface area contributed by atoms with Crippen molar-refractivity contribution in [3.8, 4) is 0 Å². The van der Waals surface area contributed by atoms with Crippen molar-refractivity contribution in [1.29, 1.82) is 0 Å². The summed E-state index contributed by atoms with van der Waals surface area (Å²) < 4.78 is 0. The first-order valence-electron chi connectivity index (χ1n) is 6.36. The minimum absolute atomic E-state index is 0.927. The highest BCUT2D eigenvalue weighted by molar-refractivity contribution is 5.43. The highest BCUT2D eigenvalue weighted by Crippen LogP contribution is 2.23. The third-order valence-corrected chi connectivity index (χ3v) is 3.48. The van der Waals surface area contributed by atoms with E-state index in [1.54, 1.807) is 0 Å². The Morgan fingerprint density at radius 1 is 1.12 bits per heavy atom. The molecular weight excluding hydrogens is 196 g/mol. The molecule has 0 spiro atoms. The van der Waals surface area contributed by atoms with E-state index in [1.807, 2.05) is 7.05 Å². The number of hydrogen-bond donors (Lipinski definition) is 2. The summed E-state index contributed by atoms with van der Waals surface area (Å²) in [6.45, 7) is 2.19. The summed E-state index contributed by atoms with van der Waals surface area (Å²) in [5.74, 6) is 0.927. The van der Waals surface area contributed by atoms with Crippen LogP contribution in [0.15, 0.2) is 24.3 Å². The van der Waals surface area contributed by atoms with Crippen molar-refractivity contribution in [3.63, 3.8) is 0 Å². The van der Waals surface area contributed by atoms with Crippen molar-refractivity contribution in [3.05, 3.63) is 29.8 Å². The van der Waals surface area contributed by atoms with Crippen LogP contribution in [0, 0.1) is 5.92 Å². The average Bonchev–Trinajstić information content (AvgIpc) is 2.83. The van der Waals surface area contributed by atoms with Crippen LogP contribution in [-0.2, 0) is 6.54 Å². The fourth-order valence-electron chi connectivity index (χ4n) is 2.42.